The van der Waals surface area contributed by atoms with Crippen molar-refractivity contribution in [2.24, 2.45) is 23.5 Å². The van der Waals surface area contributed by atoms with Gasteiger partial charge in [-0.2, -0.15) is 0 Å². The summed E-state index contributed by atoms with van der Waals surface area (Å²) in [5.41, 5.74) is 5.72. The average molecular weight is 253 g/mol. The molecule has 2 rings (SSSR count). The molecule has 0 aromatic carbocycles. The Morgan fingerprint density at radius 1 is 1.22 bits per heavy atom. The van der Waals surface area contributed by atoms with Crippen LogP contribution in [0.25, 0.3) is 0 Å². The molecule has 1 aliphatic heterocycles. The molecule has 0 aromatic rings. The van der Waals surface area contributed by atoms with Crippen LogP contribution < -0.4 is 5.73 Å². The maximum Gasteiger partial charge on any atom is 0.227 e. The normalized spacial score (nSPS) is 23.4. The fourth-order valence-corrected chi connectivity index (χ4v) is 2.71. The lowest BCUT2D eigenvalue weighted by atomic mass is 9.94. The Kier molecular flexibility index (Phi) is 4.62. The average Bonchev–Trinajstić information content (AvgIpc) is 3.14. The summed E-state index contributed by atoms with van der Waals surface area (Å²) in [4.78, 5) is 16.9. The Bertz CT molecular complexity index is 281. The zero-order valence-electron chi connectivity index (χ0n) is 11.8. The number of amides is 1. The lowest BCUT2D eigenvalue weighted by Gasteiger charge is -2.37. The van der Waals surface area contributed by atoms with Gasteiger partial charge in [0.05, 0.1) is 5.92 Å². The molecule has 1 heterocycles. The van der Waals surface area contributed by atoms with Crippen LogP contribution in [0.5, 0.6) is 0 Å². The molecule has 1 aliphatic carbocycles. The third kappa shape index (κ3) is 3.45. The summed E-state index contributed by atoms with van der Waals surface area (Å²) in [6.45, 7) is 9.72. The van der Waals surface area contributed by atoms with Gasteiger partial charge in [0, 0.05) is 39.3 Å². The number of hydrogen-bond acceptors (Lipinski definition) is 3. The third-order valence-corrected chi connectivity index (χ3v) is 4.27. The minimum Gasteiger partial charge on any atom is -0.340 e. The Morgan fingerprint density at radius 2 is 1.83 bits per heavy atom. The van der Waals surface area contributed by atoms with E-state index in [4.69, 9.17) is 5.73 Å². The predicted molar refractivity (Wildman–Crippen MR) is 73.1 cm³/mol. The number of nitrogens with zero attached hydrogens (tertiary/aromatic N) is 2. The van der Waals surface area contributed by atoms with Gasteiger partial charge in [0.2, 0.25) is 5.91 Å². The molecule has 0 bridgehead atoms. The Labute approximate surface area is 110 Å². The van der Waals surface area contributed by atoms with Crippen LogP contribution in [0.3, 0.4) is 0 Å². The van der Waals surface area contributed by atoms with Crippen LogP contribution in [0.4, 0.5) is 0 Å². The van der Waals surface area contributed by atoms with E-state index in [1.807, 2.05) is 4.90 Å². The highest BCUT2D eigenvalue weighted by Crippen LogP contribution is 2.30. The van der Waals surface area contributed by atoms with Gasteiger partial charge in [-0.25, -0.2) is 0 Å². The van der Waals surface area contributed by atoms with Crippen molar-refractivity contribution in [2.75, 3.05) is 39.3 Å². The molecule has 2 fully saturated rings. The third-order valence-electron chi connectivity index (χ3n) is 4.27. The standard InChI is InChI=1S/C14H27N3O/c1-11(2)13(9-15)14(18)17-7-5-16(6-8-17)10-12-3-4-12/h11-13H,3-10,15H2,1-2H3. The number of carbonyl (C=O) groups excluding carboxylic acids is 1. The first-order chi connectivity index (χ1) is 8.61. The van der Waals surface area contributed by atoms with Crippen LogP contribution in [0.1, 0.15) is 26.7 Å². The van der Waals surface area contributed by atoms with Crippen LogP contribution >= 0.6 is 0 Å². The molecule has 1 saturated carbocycles. The SMILES string of the molecule is CC(C)C(CN)C(=O)N1CCN(CC2CC2)CC1. The molecule has 2 N–H and O–H groups in total. The van der Waals surface area contributed by atoms with Gasteiger partial charge in [0.15, 0.2) is 0 Å². The highest BCUT2D eigenvalue weighted by Gasteiger charge is 2.30. The van der Waals surface area contributed by atoms with Crippen molar-refractivity contribution in [2.45, 2.75) is 26.7 Å². The molecule has 1 unspecified atom stereocenters. The summed E-state index contributed by atoms with van der Waals surface area (Å²) < 4.78 is 0. The molecule has 0 spiro atoms. The summed E-state index contributed by atoms with van der Waals surface area (Å²) in [6, 6.07) is 0. The Balaban J connectivity index is 1.78. The first-order valence-corrected chi connectivity index (χ1v) is 7.33. The van der Waals surface area contributed by atoms with Gasteiger partial charge < -0.3 is 10.6 Å². The molecule has 4 heteroatoms. The highest BCUT2D eigenvalue weighted by molar-refractivity contribution is 5.79. The maximum absolute atomic E-state index is 12.3. The topological polar surface area (TPSA) is 49.6 Å². The van der Waals surface area contributed by atoms with Gasteiger partial charge in [-0.1, -0.05) is 13.8 Å². The Hall–Kier alpha value is -0.610. The van der Waals surface area contributed by atoms with Gasteiger partial charge in [-0.3, -0.25) is 9.69 Å². The van der Waals surface area contributed by atoms with Crippen molar-refractivity contribution in [3.8, 4) is 0 Å². The van der Waals surface area contributed by atoms with Crippen molar-refractivity contribution >= 4 is 5.91 Å². The minimum atomic E-state index is -0.0000166. The lowest BCUT2D eigenvalue weighted by Crippen LogP contribution is -2.52. The van der Waals surface area contributed by atoms with Crippen molar-refractivity contribution in [1.29, 1.82) is 0 Å². The lowest BCUT2D eigenvalue weighted by molar-refractivity contribution is -0.138. The molecule has 4 nitrogen and oxygen atoms in total. The van der Waals surface area contributed by atoms with Crippen molar-refractivity contribution in [1.82, 2.24) is 9.80 Å². The Morgan fingerprint density at radius 3 is 2.28 bits per heavy atom. The van der Waals surface area contributed by atoms with E-state index in [1.165, 1.54) is 19.4 Å². The first-order valence-electron chi connectivity index (χ1n) is 7.33. The molecule has 104 valence electrons. The monoisotopic (exact) mass is 253 g/mol. The molecular weight excluding hydrogens is 226 g/mol. The van der Waals surface area contributed by atoms with E-state index in [0.29, 0.717) is 12.5 Å². The molecule has 2 aliphatic rings. The molecular formula is C14H27N3O. The quantitative estimate of drug-likeness (QED) is 0.787. The van der Waals surface area contributed by atoms with Crippen LogP contribution in [-0.4, -0.2) is 55.0 Å². The molecule has 1 atom stereocenters. The van der Waals surface area contributed by atoms with Gasteiger partial charge in [0.1, 0.15) is 0 Å². The predicted octanol–water partition coefficient (Wildman–Crippen LogP) is 0.772. The number of carbonyl (C=O) groups is 1. The fourth-order valence-electron chi connectivity index (χ4n) is 2.71. The van der Waals surface area contributed by atoms with Gasteiger partial charge in [-0.15, -0.1) is 0 Å². The molecule has 0 aromatic heterocycles. The van der Waals surface area contributed by atoms with Crippen LogP contribution in [0.2, 0.25) is 0 Å². The second-order valence-electron chi connectivity index (χ2n) is 6.16. The first kappa shape index (κ1) is 13.8. The van der Waals surface area contributed by atoms with Gasteiger partial charge in [0.25, 0.3) is 0 Å². The number of hydrogen-bond donors (Lipinski definition) is 1. The zero-order chi connectivity index (χ0) is 13.1. The number of rotatable bonds is 5. The maximum atomic E-state index is 12.3. The summed E-state index contributed by atoms with van der Waals surface area (Å²) in [6.07, 6.45) is 2.81. The molecule has 18 heavy (non-hydrogen) atoms. The number of nitrogens with two attached hydrogens (primary N) is 1. The van der Waals surface area contributed by atoms with Crippen molar-refractivity contribution < 1.29 is 4.79 Å². The second kappa shape index (κ2) is 6.02. The van der Waals surface area contributed by atoms with E-state index in [2.05, 4.69) is 18.7 Å². The summed E-state index contributed by atoms with van der Waals surface area (Å²) in [5, 5.41) is 0. The summed E-state index contributed by atoms with van der Waals surface area (Å²) >= 11 is 0. The smallest absolute Gasteiger partial charge is 0.227 e. The van der Waals surface area contributed by atoms with E-state index < -0.39 is 0 Å². The van der Waals surface area contributed by atoms with E-state index >= 15 is 0 Å². The molecule has 0 radical (unpaired) electrons. The van der Waals surface area contributed by atoms with E-state index in [9.17, 15) is 4.79 Å². The van der Waals surface area contributed by atoms with Crippen LogP contribution in [0, 0.1) is 17.8 Å². The molecule has 1 amide bonds. The summed E-state index contributed by atoms with van der Waals surface area (Å²) in [5.74, 6) is 1.55. The van der Waals surface area contributed by atoms with E-state index in [-0.39, 0.29) is 11.8 Å². The van der Waals surface area contributed by atoms with Crippen molar-refractivity contribution in [3.05, 3.63) is 0 Å². The second-order valence-corrected chi connectivity index (χ2v) is 6.16. The highest BCUT2D eigenvalue weighted by atomic mass is 16.2. The zero-order valence-corrected chi connectivity index (χ0v) is 11.8. The summed E-state index contributed by atoms with van der Waals surface area (Å²) in [7, 11) is 0. The largest absolute Gasteiger partial charge is 0.340 e. The molecule has 1 saturated heterocycles. The van der Waals surface area contributed by atoms with E-state index in [1.54, 1.807) is 0 Å². The van der Waals surface area contributed by atoms with Gasteiger partial charge >= 0.3 is 0 Å². The van der Waals surface area contributed by atoms with E-state index in [0.717, 1.165) is 32.1 Å². The van der Waals surface area contributed by atoms with Gasteiger partial charge in [-0.05, 0) is 24.7 Å². The minimum absolute atomic E-state index is 0.0000166. The fraction of sp³-hybridized carbons (Fsp3) is 0.929. The van der Waals surface area contributed by atoms with Crippen LogP contribution in [0.15, 0.2) is 0 Å². The van der Waals surface area contributed by atoms with Crippen LogP contribution in [-0.2, 0) is 4.79 Å². The van der Waals surface area contributed by atoms with Crippen molar-refractivity contribution in [3.63, 3.8) is 0 Å². The number of piperazine rings is 1.